The lowest BCUT2D eigenvalue weighted by Crippen LogP contribution is -2.47. The maximum Gasteiger partial charge on any atom is 0.0554 e. The minimum absolute atomic E-state index is 0.398. The SMILES string of the molecule is CC1(CNCCc2cccs2)COC1. The van der Waals surface area contributed by atoms with Crippen LogP contribution in [-0.2, 0) is 11.2 Å². The second kappa shape index (κ2) is 4.43. The van der Waals surface area contributed by atoms with Gasteiger partial charge in [0.05, 0.1) is 13.2 Å². The zero-order valence-electron chi connectivity index (χ0n) is 8.58. The summed E-state index contributed by atoms with van der Waals surface area (Å²) in [5.41, 5.74) is 0.398. The first-order chi connectivity index (χ1) is 6.79. The van der Waals surface area contributed by atoms with Gasteiger partial charge in [0.25, 0.3) is 0 Å². The molecule has 14 heavy (non-hydrogen) atoms. The largest absolute Gasteiger partial charge is 0.380 e. The Labute approximate surface area is 89.3 Å². The second-order valence-corrected chi connectivity index (χ2v) is 5.34. The molecule has 0 amide bonds. The monoisotopic (exact) mass is 211 g/mol. The Kier molecular flexibility index (Phi) is 3.21. The molecule has 0 unspecified atom stereocenters. The highest BCUT2D eigenvalue weighted by molar-refractivity contribution is 7.09. The van der Waals surface area contributed by atoms with Crippen molar-refractivity contribution in [1.82, 2.24) is 5.32 Å². The molecule has 1 aliphatic rings. The highest BCUT2D eigenvalue weighted by atomic mass is 32.1. The van der Waals surface area contributed by atoms with Gasteiger partial charge >= 0.3 is 0 Å². The van der Waals surface area contributed by atoms with Crippen LogP contribution < -0.4 is 5.32 Å². The molecule has 0 bridgehead atoms. The van der Waals surface area contributed by atoms with Gasteiger partial charge in [0.2, 0.25) is 0 Å². The maximum absolute atomic E-state index is 5.20. The fourth-order valence-corrected chi connectivity index (χ4v) is 2.32. The van der Waals surface area contributed by atoms with Crippen LogP contribution in [0.15, 0.2) is 17.5 Å². The zero-order chi connectivity index (χ0) is 9.86. The number of ether oxygens (including phenoxy) is 1. The molecular formula is C11H17NOS. The van der Waals surface area contributed by atoms with Crippen LogP contribution in [-0.4, -0.2) is 26.3 Å². The number of rotatable bonds is 5. The van der Waals surface area contributed by atoms with E-state index < -0.39 is 0 Å². The third-order valence-electron chi connectivity index (χ3n) is 2.58. The molecule has 0 atom stereocenters. The number of hydrogen-bond acceptors (Lipinski definition) is 3. The number of nitrogens with one attached hydrogen (secondary N) is 1. The fourth-order valence-electron chi connectivity index (χ4n) is 1.61. The summed E-state index contributed by atoms with van der Waals surface area (Å²) in [6.07, 6.45) is 1.15. The highest BCUT2D eigenvalue weighted by Crippen LogP contribution is 2.24. The molecule has 0 aromatic carbocycles. The molecule has 78 valence electrons. The van der Waals surface area contributed by atoms with Gasteiger partial charge in [-0.05, 0) is 24.4 Å². The van der Waals surface area contributed by atoms with Gasteiger partial charge in [0.1, 0.15) is 0 Å². The van der Waals surface area contributed by atoms with Crippen LogP contribution in [0.25, 0.3) is 0 Å². The van der Waals surface area contributed by atoms with Gasteiger partial charge < -0.3 is 10.1 Å². The summed E-state index contributed by atoms with van der Waals surface area (Å²) in [6, 6.07) is 4.31. The summed E-state index contributed by atoms with van der Waals surface area (Å²) >= 11 is 1.84. The van der Waals surface area contributed by atoms with Crippen LogP contribution in [0.1, 0.15) is 11.8 Å². The van der Waals surface area contributed by atoms with Crippen LogP contribution in [0.3, 0.4) is 0 Å². The molecule has 1 aromatic rings. The van der Waals surface area contributed by atoms with Crippen molar-refractivity contribution in [2.24, 2.45) is 5.41 Å². The van der Waals surface area contributed by atoms with E-state index in [0.29, 0.717) is 5.41 Å². The van der Waals surface area contributed by atoms with Crippen LogP contribution in [0.4, 0.5) is 0 Å². The van der Waals surface area contributed by atoms with Crippen LogP contribution in [0.2, 0.25) is 0 Å². The molecule has 2 rings (SSSR count). The van der Waals surface area contributed by atoms with Gasteiger partial charge in [0.15, 0.2) is 0 Å². The van der Waals surface area contributed by atoms with Crippen molar-refractivity contribution in [1.29, 1.82) is 0 Å². The molecule has 1 N–H and O–H groups in total. The predicted molar refractivity (Wildman–Crippen MR) is 59.8 cm³/mol. The Bertz CT molecular complexity index is 267. The first kappa shape index (κ1) is 10.1. The lowest BCUT2D eigenvalue weighted by Gasteiger charge is -2.38. The molecule has 0 radical (unpaired) electrons. The van der Waals surface area contributed by atoms with Gasteiger partial charge in [-0.2, -0.15) is 0 Å². The van der Waals surface area contributed by atoms with Gasteiger partial charge in [0, 0.05) is 16.8 Å². The third kappa shape index (κ3) is 2.56. The first-order valence-electron chi connectivity index (χ1n) is 5.09. The Morgan fingerprint density at radius 2 is 2.43 bits per heavy atom. The molecule has 0 saturated carbocycles. The molecule has 0 spiro atoms. The van der Waals surface area contributed by atoms with E-state index in [4.69, 9.17) is 4.74 Å². The molecule has 3 heteroatoms. The van der Waals surface area contributed by atoms with Gasteiger partial charge in [-0.1, -0.05) is 13.0 Å². The topological polar surface area (TPSA) is 21.3 Å². The Morgan fingerprint density at radius 3 is 3.00 bits per heavy atom. The van der Waals surface area contributed by atoms with Crippen molar-refractivity contribution in [3.8, 4) is 0 Å². The fraction of sp³-hybridized carbons (Fsp3) is 0.636. The van der Waals surface area contributed by atoms with Crippen LogP contribution in [0, 0.1) is 5.41 Å². The minimum Gasteiger partial charge on any atom is -0.380 e. The Morgan fingerprint density at radius 1 is 1.57 bits per heavy atom. The third-order valence-corrected chi connectivity index (χ3v) is 3.52. The van der Waals surface area contributed by atoms with Crippen LogP contribution >= 0.6 is 11.3 Å². The number of thiophene rings is 1. The van der Waals surface area contributed by atoms with Crippen molar-refractivity contribution < 1.29 is 4.74 Å². The van der Waals surface area contributed by atoms with Gasteiger partial charge in [-0.15, -0.1) is 11.3 Å². The molecule has 1 aromatic heterocycles. The van der Waals surface area contributed by atoms with E-state index >= 15 is 0 Å². The van der Waals surface area contributed by atoms with E-state index in [-0.39, 0.29) is 0 Å². The molecular weight excluding hydrogens is 194 g/mol. The molecule has 1 aliphatic heterocycles. The summed E-state index contributed by atoms with van der Waals surface area (Å²) in [5.74, 6) is 0. The molecule has 0 aliphatic carbocycles. The van der Waals surface area contributed by atoms with Crippen molar-refractivity contribution in [3.05, 3.63) is 22.4 Å². The summed E-state index contributed by atoms with van der Waals surface area (Å²) in [5, 5.41) is 5.63. The standard InChI is InChI=1S/C11H17NOS/c1-11(8-13-9-11)7-12-5-4-10-3-2-6-14-10/h2-3,6,12H,4-5,7-9H2,1H3. The van der Waals surface area contributed by atoms with E-state index in [2.05, 4.69) is 29.8 Å². The lowest BCUT2D eigenvalue weighted by atomic mass is 9.89. The quantitative estimate of drug-likeness (QED) is 0.751. The molecule has 2 heterocycles. The van der Waals surface area contributed by atoms with E-state index in [1.807, 2.05) is 11.3 Å². The van der Waals surface area contributed by atoms with Crippen molar-refractivity contribution >= 4 is 11.3 Å². The minimum atomic E-state index is 0.398. The zero-order valence-corrected chi connectivity index (χ0v) is 9.40. The molecule has 1 saturated heterocycles. The first-order valence-corrected chi connectivity index (χ1v) is 5.97. The van der Waals surface area contributed by atoms with Crippen molar-refractivity contribution in [2.45, 2.75) is 13.3 Å². The molecule has 1 fully saturated rings. The highest BCUT2D eigenvalue weighted by Gasteiger charge is 2.32. The van der Waals surface area contributed by atoms with E-state index in [9.17, 15) is 0 Å². The van der Waals surface area contributed by atoms with E-state index in [1.165, 1.54) is 4.88 Å². The van der Waals surface area contributed by atoms with E-state index in [0.717, 1.165) is 32.7 Å². The lowest BCUT2D eigenvalue weighted by molar-refractivity contribution is -0.0988. The summed E-state index contributed by atoms with van der Waals surface area (Å²) in [6.45, 7) is 6.27. The van der Waals surface area contributed by atoms with Crippen molar-refractivity contribution in [3.63, 3.8) is 0 Å². The predicted octanol–water partition coefficient (Wildman–Crippen LogP) is 1.92. The molecule has 2 nitrogen and oxygen atoms in total. The Balaban J connectivity index is 1.59. The summed E-state index contributed by atoms with van der Waals surface area (Å²) in [7, 11) is 0. The van der Waals surface area contributed by atoms with E-state index in [1.54, 1.807) is 0 Å². The average Bonchev–Trinajstić information content (AvgIpc) is 2.62. The van der Waals surface area contributed by atoms with Crippen molar-refractivity contribution in [2.75, 3.05) is 26.3 Å². The Hall–Kier alpha value is -0.380. The number of hydrogen-bond donors (Lipinski definition) is 1. The van der Waals surface area contributed by atoms with Gasteiger partial charge in [-0.25, -0.2) is 0 Å². The summed E-state index contributed by atoms with van der Waals surface area (Å²) < 4.78 is 5.20. The smallest absolute Gasteiger partial charge is 0.0554 e. The second-order valence-electron chi connectivity index (χ2n) is 4.31. The van der Waals surface area contributed by atoms with Crippen LogP contribution in [0.5, 0.6) is 0 Å². The maximum atomic E-state index is 5.20. The van der Waals surface area contributed by atoms with Gasteiger partial charge in [-0.3, -0.25) is 0 Å². The summed E-state index contributed by atoms with van der Waals surface area (Å²) in [4.78, 5) is 1.47. The average molecular weight is 211 g/mol. The normalized spacial score (nSPS) is 19.2.